The van der Waals surface area contributed by atoms with Crippen LogP contribution in [0.1, 0.15) is 44.6 Å². The van der Waals surface area contributed by atoms with Gasteiger partial charge in [-0.15, -0.1) is 0 Å². The molecular weight excluding hydrogens is 456 g/mol. The molecule has 2 nitrogen and oxygen atoms in total. The van der Waals surface area contributed by atoms with Gasteiger partial charge in [0.1, 0.15) is 0 Å². The molecule has 4 rings (SSSR count). The van der Waals surface area contributed by atoms with Gasteiger partial charge in [0.25, 0.3) is 0 Å². The summed E-state index contributed by atoms with van der Waals surface area (Å²) >= 11 is 0. The molecule has 0 aliphatic carbocycles. The molecule has 0 radical (unpaired) electrons. The Labute approximate surface area is 203 Å². The van der Waals surface area contributed by atoms with E-state index >= 15 is 4.39 Å². The predicted molar refractivity (Wildman–Crippen MR) is 129 cm³/mol. The quantitative estimate of drug-likeness (QED) is 0.249. The smallest absolute Gasteiger partial charge is 0.201 e. The van der Waals surface area contributed by atoms with E-state index in [9.17, 15) is 13.2 Å². The number of hydrogen-bond donors (Lipinski definition) is 0. The lowest BCUT2D eigenvalue weighted by Gasteiger charge is -2.28. The van der Waals surface area contributed by atoms with Gasteiger partial charge in [0, 0.05) is 17.0 Å². The van der Waals surface area contributed by atoms with Crippen LogP contribution in [0.4, 0.5) is 17.6 Å². The standard InChI is InChI=1S/C29H28F4O2/c1-3-5-21-11-10-20(17-35-21)24-13-12-22(26(30)27(24)31)18-6-8-19(9-7-18)23-14-15-25(34-16-4-2)29(33)28(23)32/h3,5-9,12-15,20-21H,4,10-11,16-17H2,1-2H3. The second kappa shape index (κ2) is 11.1. The van der Waals surface area contributed by atoms with Crippen molar-refractivity contribution in [2.24, 2.45) is 0 Å². The lowest BCUT2D eigenvalue weighted by atomic mass is 9.89. The minimum Gasteiger partial charge on any atom is -0.490 e. The first-order valence-electron chi connectivity index (χ1n) is 11.9. The summed E-state index contributed by atoms with van der Waals surface area (Å²) in [5.41, 5.74) is 1.34. The van der Waals surface area contributed by atoms with Gasteiger partial charge in [0.05, 0.1) is 19.3 Å². The van der Waals surface area contributed by atoms with E-state index in [0.29, 0.717) is 36.1 Å². The van der Waals surface area contributed by atoms with Crippen molar-refractivity contribution in [3.63, 3.8) is 0 Å². The minimum atomic E-state index is -1.05. The molecule has 3 aromatic carbocycles. The van der Waals surface area contributed by atoms with E-state index in [4.69, 9.17) is 9.47 Å². The molecule has 1 saturated heterocycles. The van der Waals surface area contributed by atoms with Crippen LogP contribution in [0, 0.1) is 23.3 Å². The molecule has 0 N–H and O–H groups in total. The minimum absolute atomic E-state index is 0.0142. The number of benzene rings is 3. The van der Waals surface area contributed by atoms with Crippen molar-refractivity contribution in [3.8, 4) is 28.0 Å². The highest BCUT2D eigenvalue weighted by atomic mass is 19.2. The predicted octanol–water partition coefficient (Wildman–Crippen LogP) is 8.20. The molecule has 0 bridgehead atoms. The zero-order chi connectivity index (χ0) is 24.9. The molecule has 3 aromatic rings. The van der Waals surface area contributed by atoms with Crippen LogP contribution in [0.2, 0.25) is 0 Å². The van der Waals surface area contributed by atoms with Gasteiger partial charge >= 0.3 is 0 Å². The van der Waals surface area contributed by atoms with Crippen molar-refractivity contribution in [3.05, 3.63) is 89.5 Å². The topological polar surface area (TPSA) is 18.5 Å². The Hall–Kier alpha value is -3.12. The third-order valence-electron chi connectivity index (χ3n) is 6.29. The Balaban J connectivity index is 1.55. The van der Waals surface area contributed by atoms with Crippen LogP contribution in [0.3, 0.4) is 0 Å². The second-order valence-electron chi connectivity index (χ2n) is 8.67. The van der Waals surface area contributed by atoms with Gasteiger partial charge in [0.15, 0.2) is 23.2 Å². The molecular formula is C29H28F4O2. The van der Waals surface area contributed by atoms with Gasteiger partial charge in [-0.25, -0.2) is 13.2 Å². The van der Waals surface area contributed by atoms with Crippen LogP contribution in [-0.4, -0.2) is 19.3 Å². The summed E-state index contributed by atoms with van der Waals surface area (Å²) in [4.78, 5) is 0. The third kappa shape index (κ3) is 5.27. The Morgan fingerprint density at radius 1 is 0.829 bits per heavy atom. The lowest BCUT2D eigenvalue weighted by molar-refractivity contribution is 0.0317. The van der Waals surface area contributed by atoms with Gasteiger partial charge in [-0.1, -0.05) is 55.5 Å². The summed E-state index contributed by atoms with van der Waals surface area (Å²) in [7, 11) is 0. The van der Waals surface area contributed by atoms with E-state index in [1.807, 2.05) is 26.0 Å². The summed E-state index contributed by atoms with van der Waals surface area (Å²) in [6.45, 7) is 4.42. The highest BCUT2D eigenvalue weighted by Crippen LogP contribution is 2.36. The normalized spacial score (nSPS) is 18.2. The Morgan fingerprint density at radius 2 is 1.46 bits per heavy atom. The first-order chi connectivity index (χ1) is 16.9. The molecule has 1 heterocycles. The van der Waals surface area contributed by atoms with E-state index in [1.54, 1.807) is 36.4 Å². The molecule has 184 valence electrons. The average Bonchev–Trinajstić information content (AvgIpc) is 2.88. The van der Waals surface area contributed by atoms with Crippen molar-refractivity contribution in [1.29, 1.82) is 0 Å². The highest BCUT2D eigenvalue weighted by Gasteiger charge is 2.26. The van der Waals surface area contributed by atoms with Crippen LogP contribution >= 0.6 is 0 Å². The second-order valence-corrected chi connectivity index (χ2v) is 8.67. The maximum Gasteiger partial charge on any atom is 0.201 e. The number of rotatable bonds is 7. The number of ether oxygens (including phenoxy) is 2. The van der Waals surface area contributed by atoms with E-state index in [0.717, 1.165) is 6.42 Å². The summed E-state index contributed by atoms with van der Waals surface area (Å²) < 4.78 is 70.0. The maximum atomic E-state index is 15.0. The maximum absolute atomic E-state index is 15.0. The van der Waals surface area contributed by atoms with Gasteiger partial charge < -0.3 is 9.47 Å². The van der Waals surface area contributed by atoms with Crippen molar-refractivity contribution < 1.29 is 27.0 Å². The number of allylic oxidation sites excluding steroid dienone is 1. The van der Waals surface area contributed by atoms with E-state index in [1.165, 1.54) is 12.1 Å². The summed E-state index contributed by atoms with van der Waals surface area (Å²) in [5.74, 6) is -4.21. The van der Waals surface area contributed by atoms with Crippen LogP contribution in [0.5, 0.6) is 5.75 Å². The molecule has 0 spiro atoms. The molecule has 0 saturated carbocycles. The average molecular weight is 485 g/mol. The number of halogens is 4. The summed E-state index contributed by atoms with van der Waals surface area (Å²) in [6, 6.07) is 12.2. The fourth-order valence-electron chi connectivity index (χ4n) is 4.39. The van der Waals surface area contributed by atoms with Crippen LogP contribution in [-0.2, 0) is 4.74 Å². The fraction of sp³-hybridized carbons (Fsp3) is 0.310. The van der Waals surface area contributed by atoms with Gasteiger partial charge in [0.2, 0.25) is 5.82 Å². The molecule has 6 heteroatoms. The Bertz CT molecular complexity index is 1200. The third-order valence-corrected chi connectivity index (χ3v) is 6.29. The highest BCUT2D eigenvalue weighted by molar-refractivity contribution is 5.72. The fourth-order valence-corrected chi connectivity index (χ4v) is 4.39. The molecule has 1 fully saturated rings. The lowest BCUT2D eigenvalue weighted by Crippen LogP contribution is -2.24. The molecule has 2 atom stereocenters. The van der Waals surface area contributed by atoms with Crippen LogP contribution in [0.15, 0.2) is 60.7 Å². The van der Waals surface area contributed by atoms with Gasteiger partial charge in [-0.3, -0.25) is 0 Å². The van der Waals surface area contributed by atoms with E-state index in [-0.39, 0.29) is 35.5 Å². The van der Waals surface area contributed by atoms with Gasteiger partial charge in [-0.05, 0) is 55.0 Å². The van der Waals surface area contributed by atoms with Crippen molar-refractivity contribution in [1.82, 2.24) is 0 Å². The monoisotopic (exact) mass is 484 g/mol. The molecule has 2 unspecified atom stereocenters. The number of hydrogen-bond acceptors (Lipinski definition) is 2. The molecule has 0 aromatic heterocycles. The Morgan fingerprint density at radius 3 is 2.03 bits per heavy atom. The molecule has 0 amide bonds. The SMILES string of the molecule is CC=CC1CCC(c2ccc(-c3ccc(-c4ccc(OCCC)c(F)c4F)cc3)c(F)c2F)CO1. The first-order valence-corrected chi connectivity index (χ1v) is 11.9. The summed E-state index contributed by atoms with van der Waals surface area (Å²) in [5, 5.41) is 0. The summed E-state index contributed by atoms with van der Waals surface area (Å²) in [6.07, 6.45) is 6.04. The molecule has 35 heavy (non-hydrogen) atoms. The Kier molecular flexibility index (Phi) is 7.91. The van der Waals surface area contributed by atoms with Gasteiger partial charge in [-0.2, -0.15) is 4.39 Å². The zero-order valence-corrected chi connectivity index (χ0v) is 19.8. The van der Waals surface area contributed by atoms with E-state index in [2.05, 4.69) is 0 Å². The van der Waals surface area contributed by atoms with Crippen molar-refractivity contribution in [2.75, 3.05) is 13.2 Å². The van der Waals surface area contributed by atoms with Crippen molar-refractivity contribution >= 4 is 0 Å². The molecule has 1 aliphatic heterocycles. The van der Waals surface area contributed by atoms with Crippen LogP contribution < -0.4 is 4.74 Å². The zero-order valence-electron chi connectivity index (χ0n) is 19.8. The van der Waals surface area contributed by atoms with E-state index < -0.39 is 23.3 Å². The largest absolute Gasteiger partial charge is 0.490 e. The van der Waals surface area contributed by atoms with Crippen LogP contribution in [0.25, 0.3) is 22.3 Å². The first kappa shape index (κ1) is 25.0. The molecule has 1 aliphatic rings. The van der Waals surface area contributed by atoms with Crippen molar-refractivity contribution in [2.45, 2.75) is 45.1 Å².